The fourth-order valence-electron chi connectivity index (χ4n) is 1.34. The Kier molecular flexibility index (Phi) is 3.70. The second kappa shape index (κ2) is 5.24. The van der Waals surface area contributed by atoms with Crippen molar-refractivity contribution in [3.05, 3.63) is 22.8 Å². The number of nitrogens with zero attached hydrogens (tertiary/aromatic N) is 3. The molecule has 6 nitrogen and oxygen atoms in total. The van der Waals surface area contributed by atoms with Gasteiger partial charge in [0.25, 0.3) is 0 Å². The average Bonchev–Trinajstić information content (AvgIpc) is 2.89. The monoisotopic (exact) mass is 254 g/mol. The van der Waals surface area contributed by atoms with Crippen LogP contribution < -0.4 is 5.73 Å². The number of hydrogen-bond donors (Lipinski definition) is 1. The number of methoxy groups -OCH3 is 1. The molecule has 0 spiro atoms. The molecule has 92 valence electrons. The molecule has 2 heterocycles. The Balaban J connectivity index is 1.98. The summed E-state index contributed by atoms with van der Waals surface area (Å²) in [6, 6.07) is 0. The van der Waals surface area contributed by atoms with Crippen LogP contribution >= 0.6 is 11.3 Å². The third-order valence-corrected chi connectivity index (χ3v) is 3.01. The van der Waals surface area contributed by atoms with Crippen molar-refractivity contribution in [2.75, 3.05) is 12.8 Å². The van der Waals surface area contributed by atoms with Crippen LogP contribution in [0.15, 0.2) is 9.90 Å². The van der Waals surface area contributed by atoms with E-state index < -0.39 is 0 Å². The summed E-state index contributed by atoms with van der Waals surface area (Å²) in [5, 5.41) is 6.32. The summed E-state index contributed by atoms with van der Waals surface area (Å²) in [4.78, 5) is 8.40. The average molecular weight is 254 g/mol. The van der Waals surface area contributed by atoms with E-state index in [2.05, 4.69) is 15.1 Å². The third-order valence-electron chi connectivity index (χ3n) is 2.28. The Morgan fingerprint density at radius 3 is 3.00 bits per heavy atom. The summed E-state index contributed by atoms with van der Waals surface area (Å²) in [7, 11) is 1.66. The molecular weight excluding hydrogens is 240 g/mol. The highest BCUT2D eigenvalue weighted by molar-refractivity contribution is 7.13. The molecule has 17 heavy (non-hydrogen) atoms. The molecule has 2 rings (SSSR count). The number of rotatable bonds is 5. The molecule has 7 heteroatoms. The first-order chi connectivity index (χ1) is 8.17. The topological polar surface area (TPSA) is 87.1 Å². The van der Waals surface area contributed by atoms with Gasteiger partial charge in [-0.15, -0.1) is 11.3 Å². The second-order valence-electron chi connectivity index (χ2n) is 3.71. The van der Waals surface area contributed by atoms with Crippen molar-refractivity contribution in [2.24, 2.45) is 0 Å². The molecule has 0 aliphatic carbocycles. The van der Waals surface area contributed by atoms with E-state index >= 15 is 0 Å². The van der Waals surface area contributed by atoms with E-state index in [-0.39, 0.29) is 6.10 Å². The lowest BCUT2D eigenvalue weighted by atomic mass is 10.3. The zero-order valence-electron chi connectivity index (χ0n) is 9.71. The summed E-state index contributed by atoms with van der Waals surface area (Å²) in [6.45, 7) is 1.96. The number of hydrogen-bond acceptors (Lipinski definition) is 7. The van der Waals surface area contributed by atoms with Crippen LogP contribution in [-0.2, 0) is 17.6 Å². The van der Waals surface area contributed by atoms with Crippen LogP contribution in [0.2, 0.25) is 0 Å². The molecule has 2 aromatic heterocycles. The van der Waals surface area contributed by atoms with Gasteiger partial charge in [-0.25, -0.2) is 4.98 Å². The number of thiazole rings is 1. The van der Waals surface area contributed by atoms with Crippen molar-refractivity contribution >= 4 is 16.5 Å². The van der Waals surface area contributed by atoms with Crippen LogP contribution in [-0.4, -0.2) is 28.3 Å². The summed E-state index contributed by atoms with van der Waals surface area (Å²) in [6.07, 6.45) is 1.23. The third kappa shape index (κ3) is 3.24. The van der Waals surface area contributed by atoms with Gasteiger partial charge in [-0.2, -0.15) is 4.98 Å². The van der Waals surface area contributed by atoms with Crippen LogP contribution in [0.4, 0.5) is 5.13 Å². The van der Waals surface area contributed by atoms with Gasteiger partial charge in [0.1, 0.15) is 0 Å². The molecule has 0 bridgehead atoms. The Bertz CT molecular complexity index is 482. The first-order valence-corrected chi connectivity index (χ1v) is 6.09. The molecule has 1 unspecified atom stereocenters. The molecule has 0 aromatic carbocycles. The minimum absolute atomic E-state index is 0.0790. The van der Waals surface area contributed by atoms with Gasteiger partial charge in [0, 0.05) is 18.9 Å². The van der Waals surface area contributed by atoms with Crippen LogP contribution in [0, 0.1) is 0 Å². The predicted molar refractivity (Wildman–Crippen MR) is 63.8 cm³/mol. The van der Waals surface area contributed by atoms with Crippen molar-refractivity contribution in [1.82, 2.24) is 15.1 Å². The fraction of sp³-hybridized carbons (Fsp3) is 0.500. The van der Waals surface area contributed by atoms with E-state index in [1.54, 1.807) is 7.11 Å². The highest BCUT2D eigenvalue weighted by Crippen LogP contribution is 2.14. The van der Waals surface area contributed by atoms with Gasteiger partial charge in [-0.05, 0) is 6.92 Å². The first kappa shape index (κ1) is 12.0. The van der Waals surface area contributed by atoms with Gasteiger partial charge in [0.2, 0.25) is 5.89 Å². The first-order valence-electron chi connectivity index (χ1n) is 5.21. The van der Waals surface area contributed by atoms with Crippen LogP contribution in [0.5, 0.6) is 0 Å². The number of anilines is 1. The molecule has 2 N–H and O–H groups in total. The van der Waals surface area contributed by atoms with E-state index in [1.807, 2.05) is 12.3 Å². The molecule has 0 radical (unpaired) electrons. The van der Waals surface area contributed by atoms with Crippen LogP contribution in [0.25, 0.3) is 0 Å². The highest BCUT2D eigenvalue weighted by atomic mass is 32.1. The van der Waals surface area contributed by atoms with E-state index in [9.17, 15) is 0 Å². The van der Waals surface area contributed by atoms with E-state index in [1.165, 1.54) is 11.3 Å². The van der Waals surface area contributed by atoms with Gasteiger partial charge in [-0.1, -0.05) is 5.16 Å². The maximum Gasteiger partial charge on any atom is 0.232 e. The van der Waals surface area contributed by atoms with Crippen LogP contribution in [0.3, 0.4) is 0 Å². The van der Waals surface area contributed by atoms with Gasteiger partial charge in [0.05, 0.1) is 18.2 Å². The summed E-state index contributed by atoms with van der Waals surface area (Å²) < 4.78 is 10.3. The Labute approximate surface area is 103 Å². The molecule has 1 atom stereocenters. The maximum atomic E-state index is 5.55. The Hall–Kier alpha value is -1.47. The van der Waals surface area contributed by atoms with Crippen molar-refractivity contribution in [1.29, 1.82) is 0 Å². The summed E-state index contributed by atoms with van der Waals surface area (Å²) in [5.41, 5.74) is 6.40. The number of nitrogens with two attached hydrogens (primary N) is 1. The van der Waals surface area contributed by atoms with Gasteiger partial charge < -0.3 is 15.0 Å². The maximum absolute atomic E-state index is 5.55. The lowest BCUT2D eigenvalue weighted by Crippen LogP contribution is -2.09. The predicted octanol–water partition coefficient (Wildman–Crippen LogP) is 1.28. The van der Waals surface area contributed by atoms with Crippen LogP contribution in [0.1, 0.15) is 24.3 Å². The van der Waals surface area contributed by atoms with Gasteiger partial charge >= 0.3 is 0 Å². The lowest BCUT2D eigenvalue weighted by molar-refractivity contribution is 0.116. The van der Waals surface area contributed by atoms with Crippen molar-refractivity contribution in [2.45, 2.75) is 25.9 Å². The van der Waals surface area contributed by atoms with E-state index in [0.717, 1.165) is 5.69 Å². The highest BCUT2D eigenvalue weighted by Gasteiger charge is 2.11. The zero-order valence-corrected chi connectivity index (χ0v) is 10.5. The molecule has 0 saturated carbocycles. The molecule has 0 saturated heterocycles. The summed E-state index contributed by atoms with van der Waals surface area (Å²) in [5.74, 6) is 1.20. The molecular formula is C10H14N4O2S. The van der Waals surface area contributed by atoms with Crippen molar-refractivity contribution in [3.8, 4) is 0 Å². The molecule has 2 aromatic rings. The minimum atomic E-state index is 0.0790. The fourth-order valence-corrected chi connectivity index (χ4v) is 1.91. The standard InChI is InChI=1S/C10H14N4O2S/c1-6(15-2)3-8-13-9(16-14-8)4-7-5-17-10(11)12-7/h5-6H,3-4H2,1-2H3,(H2,11,12). The summed E-state index contributed by atoms with van der Waals surface area (Å²) >= 11 is 1.40. The molecule has 0 aliphatic heterocycles. The van der Waals surface area contributed by atoms with Crippen molar-refractivity contribution < 1.29 is 9.26 Å². The number of nitrogen functional groups attached to an aromatic ring is 1. The quantitative estimate of drug-likeness (QED) is 0.864. The van der Waals surface area contributed by atoms with Gasteiger partial charge in [-0.3, -0.25) is 0 Å². The number of aromatic nitrogens is 3. The lowest BCUT2D eigenvalue weighted by Gasteiger charge is -2.03. The molecule has 0 aliphatic rings. The Morgan fingerprint density at radius 1 is 1.53 bits per heavy atom. The second-order valence-corrected chi connectivity index (χ2v) is 4.60. The minimum Gasteiger partial charge on any atom is -0.381 e. The van der Waals surface area contributed by atoms with E-state index in [0.29, 0.717) is 29.7 Å². The Morgan fingerprint density at radius 2 is 2.35 bits per heavy atom. The van der Waals surface area contributed by atoms with Crippen molar-refractivity contribution in [3.63, 3.8) is 0 Å². The normalized spacial score (nSPS) is 12.8. The smallest absolute Gasteiger partial charge is 0.232 e. The zero-order chi connectivity index (χ0) is 12.3. The molecule has 0 fully saturated rings. The molecule has 0 amide bonds. The van der Waals surface area contributed by atoms with Gasteiger partial charge in [0.15, 0.2) is 11.0 Å². The van der Waals surface area contributed by atoms with E-state index in [4.69, 9.17) is 15.0 Å². The SMILES string of the molecule is COC(C)Cc1noc(Cc2csc(N)n2)n1. The number of ether oxygens (including phenoxy) is 1. The largest absolute Gasteiger partial charge is 0.381 e.